The lowest BCUT2D eigenvalue weighted by Gasteiger charge is -2.15. The molecule has 0 fully saturated rings. The molecule has 0 saturated carbocycles. The number of aromatic nitrogens is 1. The summed E-state index contributed by atoms with van der Waals surface area (Å²) in [4.78, 5) is 3.44. The van der Waals surface area contributed by atoms with Crippen molar-refractivity contribution in [3.05, 3.63) is 50.2 Å². The molecule has 1 aromatic heterocycles. The molecule has 0 amide bonds. The zero-order valence-corrected chi connectivity index (χ0v) is 12.4. The summed E-state index contributed by atoms with van der Waals surface area (Å²) in [5.41, 5.74) is -1.22. The number of rotatable bonds is 1. The summed E-state index contributed by atoms with van der Waals surface area (Å²) in [5, 5.41) is 0.109. The summed E-state index contributed by atoms with van der Waals surface area (Å²) in [6, 6.07) is 3.67. The van der Waals surface area contributed by atoms with Crippen molar-refractivity contribution in [2.75, 3.05) is 0 Å². The molecule has 0 N–H and O–H groups in total. The highest BCUT2D eigenvalue weighted by molar-refractivity contribution is 6.42. The number of nitrogens with zero attached hydrogens (tertiary/aromatic N) is 1. The van der Waals surface area contributed by atoms with Gasteiger partial charge in [-0.25, -0.2) is 4.98 Å². The molecule has 2 rings (SSSR count). The van der Waals surface area contributed by atoms with Crippen LogP contribution in [0.15, 0.2) is 24.4 Å². The number of hydrogen-bond donors (Lipinski definition) is 0. The molecular formula is C12H4Cl4F3N. The van der Waals surface area contributed by atoms with Crippen LogP contribution in [0.1, 0.15) is 5.56 Å². The average Bonchev–Trinajstić information content (AvgIpc) is 2.25. The first-order chi connectivity index (χ1) is 9.20. The molecule has 2 aromatic rings. The maximum atomic E-state index is 13.0. The Hall–Kier alpha value is -0.680. The summed E-state index contributed by atoms with van der Waals surface area (Å²) in [6.07, 6.45) is -3.97. The molecule has 1 aromatic carbocycles. The van der Waals surface area contributed by atoms with Crippen LogP contribution in [0, 0.1) is 0 Å². The highest BCUT2D eigenvalue weighted by Gasteiger charge is 2.35. The van der Waals surface area contributed by atoms with Crippen LogP contribution in [0.25, 0.3) is 11.1 Å². The van der Waals surface area contributed by atoms with Gasteiger partial charge in [-0.1, -0.05) is 46.4 Å². The van der Waals surface area contributed by atoms with Gasteiger partial charge in [0.15, 0.2) is 0 Å². The van der Waals surface area contributed by atoms with E-state index in [1.807, 2.05) is 0 Å². The van der Waals surface area contributed by atoms with Gasteiger partial charge in [0.2, 0.25) is 0 Å². The first-order valence-electron chi connectivity index (χ1n) is 5.08. The maximum Gasteiger partial charge on any atom is 0.418 e. The number of pyridine rings is 1. The van der Waals surface area contributed by atoms with Crippen LogP contribution in [0.5, 0.6) is 0 Å². The smallest absolute Gasteiger partial charge is 0.244 e. The molecule has 8 heteroatoms. The van der Waals surface area contributed by atoms with Gasteiger partial charge >= 0.3 is 6.18 Å². The fraction of sp³-hybridized carbons (Fsp3) is 0.0833. The van der Waals surface area contributed by atoms with Crippen LogP contribution in [0.3, 0.4) is 0 Å². The van der Waals surface area contributed by atoms with Crippen molar-refractivity contribution >= 4 is 46.4 Å². The van der Waals surface area contributed by atoms with E-state index in [2.05, 4.69) is 4.98 Å². The summed E-state index contributed by atoms with van der Waals surface area (Å²) in [5.74, 6) is 0. The minimum Gasteiger partial charge on any atom is -0.244 e. The minimum absolute atomic E-state index is 0.00438. The lowest BCUT2D eigenvalue weighted by Crippen LogP contribution is -2.08. The number of benzene rings is 1. The van der Waals surface area contributed by atoms with E-state index in [-0.39, 0.29) is 31.3 Å². The zero-order valence-electron chi connectivity index (χ0n) is 9.40. The average molecular weight is 361 g/mol. The lowest BCUT2D eigenvalue weighted by atomic mass is 10.0. The number of alkyl halides is 3. The fourth-order valence-corrected chi connectivity index (χ4v) is 2.84. The topological polar surface area (TPSA) is 12.9 Å². The highest BCUT2D eigenvalue weighted by atomic mass is 35.5. The Bertz CT molecular complexity index is 647. The van der Waals surface area contributed by atoms with E-state index in [1.165, 1.54) is 12.1 Å². The van der Waals surface area contributed by atoms with Crippen molar-refractivity contribution < 1.29 is 13.2 Å². The molecule has 0 radical (unpaired) electrons. The molecule has 0 atom stereocenters. The van der Waals surface area contributed by atoms with E-state index in [0.29, 0.717) is 6.20 Å². The summed E-state index contributed by atoms with van der Waals surface area (Å²) in [6.45, 7) is 0. The largest absolute Gasteiger partial charge is 0.418 e. The third kappa shape index (κ3) is 3.14. The van der Waals surface area contributed by atoms with E-state index in [9.17, 15) is 13.2 Å². The third-order valence-electron chi connectivity index (χ3n) is 2.45. The van der Waals surface area contributed by atoms with E-state index in [0.717, 1.165) is 6.07 Å². The lowest BCUT2D eigenvalue weighted by molar-refractivity contribution is -0.137. The van der Waals surface area contributed by atoms with Crippen LogP contribution in [-0.2, 0) is 6.18 Å². The van der Waals surface area contributed by atoms with E-state index < -0.39 is 11.7 Å². The second kappa shape index (κ2) is 5.60. The quantitative estimate of drug-likeness (QED) is 0.537. The Kier molecular flexibility index (Phi) is 4.40. The molecule has 20 heavy (non-hydrogen) atoms. The molecule has 0 aliphatic heterocycles. The Morgan fingerprint density at radius 2 is 1.45 bits per heavy atom. The van der Waals surface area contributed by atoms with Crippen LogP contribution < -0.4 is 0 Å². The Morgan fingerprint density at radius 1 is 0.900 bits per heavy atom. The second-order valence-corrected chi connectivity index (χ2v) is 5.43. The molecule has 0 spiro atoms. The van der Waals surface area contributed by atoms with Gasteiger partial charge in [-0.2, -0.15) is 13.2 Å². The molecule has 0 aliphatic carbocycles. The van der Waals surface area contributed by atoms with Crippen molar-refractivity contribution in [1.82, 2.24) is 4.98 Å². The molecule has 1 heterocycles. The number of hydrogen-bond acceptors (Lipinski definition) is 1. The minimum atomic E-state index is -4.61. The standard InChI is InChI=1S/C12H4Cl4F3N/c13-5-1-8(14)11(9(15)2-5)6-3-10(16)20-4-7(6)12(17,18)19/h1-4H. The van der Waals surface area contributed by atoms with Gasteiger partial charge in [0.05, 0.1) is 15.6 Å². The second-order valence-electron chi connectivity index (χ2n) is 3.79. The van der Waals surface area contributed by atoms with Crippen molar-refractivity contribution in [1.29, 1.82) is 0 Å². The molecule has 0 unspecified atom stereocenters. The van der Waals surface area contributed by atoms with Crippen molar-refractivity contribution in [3.8, 4) is 11.1 Å². The van der Waals surface area contributed by atoms with Crippen LogP contribution in [0.4, 0.5) is 13.2 Å². The number of halogens is 7. The predicted octanol–water partition coefficient (Wildman–Crippen LogP) is 6.38. The van der Waals surface area contributed by atoms with Gasteiger partial charge in [-0.3, -0.25) is 0 Å². The van der Waals surface area contributed by atoms with Gasteiger partial charge in [0, 0.05) is 22.3 Å². The third-order valence-corrected chi connectivity index (χ3v) is 3.47. The predicted molar refractivity (Wildman–Crippen MR) is 74.7 cm³/mol. The highest BCUT2D eigenvalue weighted by Crippen LogP contribution is 2.43. The van der Waals surface area contributed by atoms with Gasteiger partial charge in [-0.05, 0) is 18.2 Å². The molecular weight excluding hydrogens is 357 g/mol. The Labute approximate surface area is 132 Å². The zero-order chi connectivity index (χ0) is 15.1. The van der Waals surface area contributed by atoms with Gasteiger partial charge in [-0.15, -0.1) is 0 Å². The molecule has 1 nitrogen and oxygen atoms in total. The monoisotopic (exact) mass is 359 g/mol. The van der Waals surface area contributed by atoms with Gasteiger partial charge < -0.3 is 0 Å². The van der Waals surface area contributed by atoms with Crippen molar-refractivity contribution in [2.24, 2.45) is 0 Å². The normalized spacial score (nSPS) is 11.8. The molecule has 0 saturated heterocycles. The summed E-state index contributed by atoms with van der Waals surface area (Å²) < 4.78 is 39.0. The first-order valence-corrected chi connectivity index (χ1v) is 6.59. The molecule has 106 valence electrons. The van der Waals surface area contributed by atoms with Crippen LogP contribution >= 0.6 is 46.4 Å². The van der Waals surface area contributed by atoms with E-state index >= 15 is 0 Å². The van der Waals surface area contributed by atoms with Gasteiger partial charge in [0.25, 0.3) is 0 Å². The van der Waals surface area contributed by atoms with E-state index in [1.54, 1.807) is 0 Å². The Balaban J connectivity index is 2.79. The SMILES string of the molecule is FC(F)(F)c1cnc(Cl)cc1-c1c(Cl)cc(Cl)cc1Cl. The molecule has 0 aliphatic rings. The summed E-state index contributed by atoms with van der Waals surface area (Å²) in [7, 11) is 0. The van der Waals surface area contributed by atoms with E-state index in [4.69, 9.17) is 46.4 Å². The summed E-state index contributed by atoms with van der Waals surface area (Å²) >= 11 is 23.3. The van der Waals surface area contributed by atoms with Crippen LogP contribution in [-0.4, -0.2) is 4.98 Å². The van der Waals surface area contributed by atoms with Crippen molar-refractivity contribution in [3.63, 3.8) is 0 Å². The first kappa shape index (κ1) is 15.7. The van der Waals surface area contributed by atoms with Gasteiger partial charge in [0.1, 0.15) is 5.15 Å². The molecule has 0 bridgehead atoms. The van der Waals surface area contributed by atoms with Crippen LogP contribution in [0.2, 0.25) is 20.2 Å². The Morgan fingerprint density at radius 3 is 1.95 bits per heavy atom. The fourth-order valence-electron chi connectivity index (χ4n) is 1.66. The van der Waals surface area contributed by atoms with Crippen molar-refractivity contribution in [2.45, 2.75) is 6.18 Å². The maximum absolute atomic E-state index is 13.0.